The van der Waals surface area contributed by atoms with Crippen molar-refractivity contribution >= 4 is 5.78 Å². The van der Waals surface area contributed by atoms with Crippen molar-refractivity contribution in [2.24, 2.45) is 0 Å². The number of methoxy groups -OCH3 is 2. The second-order valence-corrected chi connectivity index (χ2v) is 5.70. The highest BCUT2D eigenvalue weighted by Gasteiger charge is 2.16. The average molecular weight is 335 g/mol. The molecule has 1 atom stereocenters. The molecule has 1 aromatic carbocycles. The van der Waals surface area contributed by atoms with Crippen molar-refractivity contribution in [1.29, 1.82) is 0 Å². The van der Waals surface area contributed by atoms with E-state index in [1.807, 2.05) is 26.1 Å². The number of carbonyl (C=O) groups is 1. The second kappa shape index (κ2) is 11.0. The third-order valence-electron chi connectivity index (χ3n) is 3.94. The largest absolute Gasteiger partial charge is 0.492 e. The Morgan fingerprint density at radius 1 is 1.17 bits per heavy atom. The molecule has 1 unspecified atom stereocenters. The predicted octanol–water partition coefficient (Wildman–Crippen LogP) is 2.81. The minimum atomic E-state index is -0.0133. The summed E-state index contributed by atoms with van der Waals surface area (Å²) < 4.78 is 16.2. The van der Waals surface area contributed by atoms with E-state index < -0.39 is 0 Å². The van der Waals surface area contributed by atoms with E-state index in [0.29, 0.717) is 37.4 Å². The summed E-state index contributed by atoms with van der Waals surface area (Å²) in [6.45, 7) is 8.26. The van der Waals surface area contributed by atoms with Gasteiger partial charge in [0.15, 0.2) is 5.78 Å². The van der Waals surface area contributed by atoms with Crippen LogP contribution in [0.1, 0.15) is 23.7 Å². The minimum Gasteiger partial charge on any atom is -0.492 e. The van der Waals surface area contributed by atoms with Gasteiger partial charge in [0, 0.05) is 26.3 Å². The van der Waals surface area contributed by atoms with E-state index in [1.54, 1.807) is 26.4 Å². The zero-order valence-corrected chi connectivity index (χ0v) is 15.2. The molecule has 0 aromatic heterocycles. The molecule has 5 nitrogen and oxygen atoms in total. The number of nitrogens with zero attached hydrogens (tertiary/aromatic N) is 1. The number of Topliss-reactive ketones (excluding diaryl/α,β-unsaturated/α-hetero) is 1. The summed E-state index contributed by atoms with van der Waals surface area (Å²) >= 11 is 0. The molecule has 0 saturated heterocycles. The van der Waals surface area contributed by atoms with Crippen molar-refractivity contribution in [2.45, 2.75) is 19.4 Å². The molecule has 24 heavy (non-hydrogen) atoms. The number of hydrogen-bond donors (Lipinski definition) is 0. The molecule has 0 radical (unpaired) electrons. The number of ketones is 1. The fourth-order valence-electron chi connectivity index (χ4n) is 2.17. The molecule has 5 heteroatoms. The van der Waals surface area contributed by atoms with Crippen LogP contribution in [-0.4, -0.2) is 64.4 Å². The molecule has 0 amide bonds. The van der Waals surface area contributed by atoms with Gasteiger partial charge in [-0.1, -0.05) is 13.5 Å². The lowest BCUT2D eigenvalue weighted by molar-refractivity contribution is 0.0579. The Labute approximate surface area is 145 Å². The molecule has 0 aliphatic carbocycles. The smallest absolute Gasteiger partial charge is 0.188 e. The van der Waals surface area contributed by atoms with Crippen LogP contribution in [0.4, 0.5) is 0 Å². The summed E-state index contributed by atoms with van der Waals surface area (Å²) in [4.78, 5) is 14.2. The summed E-state index contributed by atoms with van der Waals surface area (Å²) in [6, 6.07) is 7.31. The van der Waals surface area contributed by atoms with Gasteiger partial charge in [0.1, 0.15) is 12.4 Å². The molecule has 1 rings (SSSR count). The molecular formula is C19H29NO4. The first-order chi connectivity index (χ1) is 11.5. The summed E-state index contributed by atoms with van der Waals surface area (Å²) in [7, 11) is 5.38. The molecule has 134 valence electrons. The zero-order chi connectivity index (χ0) is 17.9. The molecule has 0 N–H and O–H groups in total. The summed E-state index contributed by atoms with van der Waals surface area (Å²) in [5.41, 5.74) is 1.25. The van der Waals surface area contributed by atoms with E-state index in [4.69, 9.17) is 14.2 Å². The van der Waals surface area contributed by atoms with E-state index in [9.17, 15) is 4.79 Å². The van der Waals surface area contributed by atoms with Gasteiger partial charge in [-0.15, -0.1) is 0 Å². The van der Waals surface area contributed by atoms with Crippen molar-refractivity contribution in [2.75, 3.05) is 47.6 Å². The summed E-state index contributed by atoms with van der Waals surface area (Å²) in [5.74, 6) is 0.718. The van der Waals surface area contributed by atoms with E-state index in [0.717, 1.165) is 12.3 Å². The standard InChI is InChI=1S/C19H29NO4/c1-6-15(2)19(21)16-7-9-18(10-8-16)24-14-17(13-23-5)20(3)11-12-22-4/h7-10,17H,2,6,11-14H2,1,3-5H3. The lowest BCUT2D eigenvalue weighted by Gasteiger charge is -2.27. The Hall–Kier alpha value is -1.69. The van der Waals surface area contributed by atoms with Crippen LogP contribution in [0.5, 0.6) is 5.75 Å². The van der Waals surface area contributed by atoms with Crippen molar-refractivity contribution < 1.29 is 19.0 Å². The van der Waals surface area contributed by atoms with Crippen LogP contribution in [0.15, 0.2) is 36.4 Å². The van der Waals surface area contributed by atoms with Crippen molar-refractivity contribution in [3.63, 3.8) is 0 Å². The Morgan fingerprint density at radius 2 is 1.83 bits per heavy atom. The number of allylic oxidation sites excluding steroid dienone is 1. The number of carbonyl (C=O) groups excluding carboxylic acids is 1. The number of benzene rings is 1. The van der Waals surface area contributed by atoms with E-state index >= 15 is 0 Å². The van der Waals surface area contributed by atoms with E-state index in [2.05, 4.69) is 11.5 Å². The van der Waals surface area contributed by atoms with Crippen molar-refractivity contribution in [3.05, 3.63) is 42.0 Å². The van der Waals surface area contributed by atoms with Gasteiger partial charge in [0.25, 0.3) is 0 Å². The van der Waals surface area contributed by atoms with Gasteiger partial charge in [-0.2, -0.15) is 0 Å². The van der Waals surface area contributed by atoms with E-state index in [1.165, 1.54) is 0 Å². The molecule has 0 spiro atoms. The molecule has 0 aliphatic rings. The van der Waals surface area contributed by atoms with Crippen LogP contribution >= 0.6 is 0 Å². The third-order valence-corrected chi connectivity index (χ3v) is 3.94. The SMILES string of the molecule is C=C(CC)C(=O)c1ccc(OCC(COC)N(C)CCOC)cc1. The topological polar surface area (TPSA) is 48.0 Å². The molecular weight excluding hydrogens is 306 g/mol. The molecule has 0 bridgehead atoms. The fourth-order valence-corrected chi connectivity index (χ4v) is 2.17. The lowest BCUT2D eigenvalue weighted by Crippen LogP contribution is -2.41. The normalized spacial score (nSPS) is 12.2. The second-order valence-electron chi connectivity index (χ2n) is 5.70. The van der Waals surface area contributed by atoms with Crippen LogP contribution in [0, 0.1) is 0 Å². The summed E-state index contributed by atoms with van der Waals surface area (Å²) in [6.07, 6.45) is 0.656. The van der Waals surface area contributed by atoms with E-state index in [-0.39, 0.29) is 11.8 Å². The monoisotopic (exact) mass is 335 g/mol. The molecule has 0 heterocycles. The highest BCUT2D eigenvalue weighted by Crippen LogP contribution is 2.16. The van der Waals surface area contributed by atoms with Crippen LogP contribution < -0.4 is 4.74 Å². The predicted molar refractivity (Wildman–Crippen MR) is 95.9 cm³/mol. The Kier molecular flexibility index (Phi) is 9.30. The Bertz CT molecular complexity index is 513. The molecule has 0 aliphatic heterocycles. The minimum absolute atomic E-state index is 0.0133. The van der Waals surface area contributed by atoms with Crippen LogP contribution in [0.2, 0.25) is 0 Å². The van der Waals surface area contributed by atoms with Gasteiger partial charge in [-0.3, -0.25) is 9.69 Å². The zero-order valence-electron chi connectivity index (χ0n) is 15.2. The summed E-state index contributed by atoms with van der Waals surface area (Å²) in [5, 5.41) is 0. The van der Waals surface area contributed by atoms with Crippen LogP contribution in [0.3, 0.4) is 0 Å². The maximum atomic E-state index is 12.1. The first-order valence-corrected chi connectivity index (χ1v) is 8.16. The number of rotatable bonds is 12. The van der Waals surface area contributed by atoms with Crippen molar-refractivity contribution in [1.82, 2.24) is 4.90 Å². The quantitative estimate of drug-likeness (QED) is 0.434. The molecule has 1 aromatic rings. The first kappa shape index (κ1) is 20.4. The first-order valence-electron chi connectivity index (χ1n) is 8.16. The highest BCUT2D eigenvalue weighted by molar-refractivity contribution is 6.08. The highest BCUT2D eigenvalue weighted by atomic mass is 16.5. The fraction of sp³-hybridized carbons (Fsp3) is 0.526. The molecule has 0 fully saturated rings. The maximum absolute atomic E-state index is 12.1. The molecule has 0 saturated carbocycles. The number of hydrogen-bond acceptors (Lipinski definition) is 5. The number of likely N-dealkylation sites (N-methyl/N-ethyl adjacent to an activating group) is 1. The van der Waals surface area contributed by atoms with Gasteiger partial charge in [-0.25, -0.2) is 0 Å². The Balaban J connectivity index is 2.61. The Morgan fingerprint density at radius 3 is 2.38 bits per heavy atom. The van der Waals surface area contributed by atoms with Crippen LogP contribution in [0.25, 0.3) is 0 Å². The van der Waals surface area contributed by atoms with Gasteiger partial charge in [0.2, 0.25) is 0 Å². The van der Waals surface area contributed by atoms with Gasteiger partial charge >= 0.3 is 0 Å². The van der Waals surface area contributed by atoms with Gasteiger partial charge < -0.3 is 14.2 Å². The maximum Gasteiger partial charge on any atom is 0.188 e. The number of ether oxygens (including phenoxy) is 3. The third kappa shape index (κ3) is 6.43. The van der Waals surface area contributed by atoms with Gasteiger partial charge in [0.05, 0.1) is 19.3 Å². The van der Waals surface area contributed by atoms with Gasteiger partial charge in [-0.05, 0) is 43.3 Å². The van der Waals surface area contributed by atoms with Crippen LogP contribution in [-0.2, 0) is 9.47 Å². The average Bonchev–Trinajstić information content (AvgIpc) is 2.62. The lowest BCUT2D eigenvalue weighted by atomic mass is 10.0. The van der Waals surface area contributed by atoms with Crippen molar-refractivity contribution in [3.8, 4) is 5.75 Å².